The lowest BCUT2D eigenvalue weighted by molar-refractivity contribution is 0.378. The average molecular weight is 424 g/mol. The summed E-state index contributed by atoms with van der Waals surface area (Å²) in [6.07, 6.45) is 8.99. The first-order valence-corrected chi connectivity index (χ1v) is 12.0. The van der Waals surface area contributed by atoms with Crippen molar-refractivity contribution in [2.75, 3.05) is 0 Å². The molecule has 0 spiro atoms. The molecule has 0 bridgehead atoms. The lowest BCUT2D eigenvalue weighted by Crippen LogP contribution is -2.05. The van der Waals surface area contributed by atoms with Gasteiger partial charge in [0.2, 0.25) is 0 Å². The Morgan fingerprint density at radius 2 is 1.47 bits per heavy atom. The predicted octanol–water partition coefficient (Wildman–Crippen LogP) is 8.42. The van der Waals surface area contributed by atoms with Gasteiger partial charge in [-0.25, -0.2) is 0 Å². The van der Waals surface area contributed by atoms with Gasteiger partial charge in [0.25, 0.3) is 0 Å². The minimum absolute atomic E-state index is 0.172. The number of rotatable bonds is 12. The van der Waals surface area contributed by atoms with Gasteiger partial charge in [0.1, 0.15) is 0 Å². The van der Waals surface area contributed by atoms with Gasteiger partial charge in [-0.15, -0.1) is 0 Å². The van der Waals surface area contributed by atoms with Crippen molar-refractivity contribution in [2.45, 2.75) is 79.1 Å². The highest BCUT2D eigenvalue weighted by atomic mass is 35.5. The molecule has 0 aliphatic rings. The van der Waals surface area contributed by atoms with Crippen LogP contribution in [0.2, 0.25) is 5.02 Å². The highest BCUT2D eigenvalue weighted by molar-refractivity contribution is 6.31. The molecule has 0 radical (unpaired) electrons. The zero-order valence-corrected chi connectivity index (χ0v) is 20.0. The second kappa shape index (κ2) is 12.8. The van der Waals surface area contributed by atoms with Gasteiger partial charge in [0, 0.05) is 10.9 Å². The molecule has 30 heavy (non-hydrogen) atoms. The first-order chi connectivity index (χ1) is 14.4. The summed E-state index contributed by atoms with van der Waals surface area (Å²) in [7, 11) is 0. The monoisotopic (exact) mass is 423 g/mol. The number of nitrogens with zero attached hydrogens (tertiary/aromatic N) is 1. The Morgan fingerprint density at radius 1 is 0.833 bits per heavy atom. The van der Waals surface area contributed by atoms with Gasteiger partial charge in [0.05, 0.1) is 6.07 Å². The summed E-state index contributed by atoms with van der Waals surface area (Å²) < 4.78 is 0. The Bertz CT molecular complexity index is 802. The van der Waals surface area contributed by atoms with Crippen molar-refractivity contribution >= 4 is 11.6 Å². The maximum Gasteiger partial charge on any atom is 0.0652 e. The zero-order valence-electron chi connectivity index (χ0n) is 19.3. The van der Waals surface area contributed by atoms with Crippen molar-refractivity contribution < 1.29 is 0 Å². The number of hydrogen-bond acceptors (Lipinski definition) is 1. The fourth-order valence-corrected chi connectivity index (χ4v) is 4.34. The molecule has 162 valence electrons. The van der Waals surface area contributed by atoms with E-state index in [1.54, 1.807) is 0 Å². The van der Waals surface area contributed by atoms with Crippen LogP contribution in [0.5, 0.6) is 0 Å². The van der Waals surface area contributed by atoms with Crippen LogP contribution in [-0.4, -0.2) is 0 Å². The fraction of sp³-hybridized carbons (Fsp3) is 0.536. The summed E-state index contributed by atoms with van der Waals surface area (Å²) in [6.45, 7) is 8.88. The molecule has 0 aliphatic carbocycles. The highest BCUT2D eigenvalue weighted by Gasteiger charge is 2.11. The molecule has 1 nitrogen and oxygen atoms in total. The van der Waals surface area contributed by atoms with Crippen molar-refractivity contribution in [1.82, 2.24) is 0 Å². The third-order valence-electron chi connectivity index (χ3n) is 6.12. The Balaban J connectivity index is 1.86. The van der Waals surface area contributed by atoms with Crippen LogP contribution in [-0.2, 0) is 19.3 Å². The maximum atomic E-state index is 8.98. The van der Waals surface area contributed by atoms with Crippen LogP contribution in [0.4, 0.5) is 0 Å². The van der Waals surface area contributed by atoms with Crippen LogP contribution < -0.4 is 0 Å². The first kappa shape index (κ1) is 24.5. The lowest BCUT2D eigenvalue weighted by Gasteiger charge is -2.16. The summed E-state index contributed by atoms with van der Waals surface area (Å²) in [5.74, 6) is 1.51. The molecular weight excluding hydrogens is 386 g/mol. The van der Waals surface area contributed by atoms with Gasteiger partial charge in [-0.3, -0.25) is 0 Å². The molecule has 2 rings (SSSR count). The SMILES string of the molecule is CCCc1ccc(Cc2cc(CCC(C)CCC(C)CC(C)C#N)ccc2Cl)cc1. The van der Waals surface area contributed by atoms with Crippen LogP contribution in [0.25, 0.3) is 0 Å². The molecule has 2 heteroatoms. The third-order valence-corrected chi connectivity index (χ3v) is 6.49. The number of nitriles is 1. The number of benzene rings is 2. The lowest BCUT2D eigenvalue weighted by atomic mass is 9.89. The van der Waals surface area contributed by atoms with E-state index in [0.717, 1.165) is 30.7 Å². The molecule has 0 fully saturated rings. The summed E-state index contributed by atoms with van der Waals surface area (Å²) in [4.78, 5) is 0. The number of hydrogen-bond donors (Lipinski definition) is 0. The Morgan fingerprint density at radius 3 is 2.13 bits per heavy atom. The van der Waals surface area contributed by atoms with E-state index < -0.39 is 0 Å². The summed E-state index contributed by atoms with van der Waals surface area (Å²) >= 11 is 6.50. The van der Waals surface area contributed by atoms with Crippen molar-refractivity contribution in [2.24, 2.45) is 17.8 Å². The van der Waals surface area contributed by atoms with E-state index >= 15 is 0 Å². The average Bonchev–Trinajstić information content (AvgIpc) is 2.74. The van der Waals surface area contributed by atoms with Crippen LogP contribution >= 0.6 is 11.6 Å². The topological polar surface area (TPSA) is 23.8 Å². The molecule has 0 saturated heterocycles. The number of aryl methyl sites for hydroxylation is 2. The zero-order chi connectivity index (χ0) is 21.9. The van der Waals surface area contributed by atoms with E-state index in [4.69, 9.17) is 16.9 Å². The second-order valence-electron chi connectivity index (χ2n) is 9.26. The molecule has 0 aromatic heterocycles. The van der Waals surface area contributed by atoms with Crippen LogP contribution in [0, 0.1) is 29.1 Å². The molecule has 0 N–H and O–H groups in total. The van der Waals surface area contributed by atoms with Gasteiger partial charge in [-0.1, -0.05) is 88.0 Å². The number of halogens is 1. The molecule has 0 aliphatic heterocycles. The minimum Gasteiger partial charge on any atom is -0.198 e. The molecule has 0 amide bonds. The van der Waals surface area contributed by atoms with Crippen LogP contribution in [0.15, 0.2) is 42.5 Å². The first-order valence-electron chi connectivity index (χ1n) is 11.7. The standard InChI is InChI=1S/C28H38ClN/c1-5-6-24-11-13-26(14-12-24)19-27-18-25(15-16-28(27)29)10-9-21(2)7-8-22(3)17-23(4)20-30/h11-16,18,21-23H,5-10,17,19H2,1-4H3. The Kier molecular flexibility index (Phi) is 10.5. The molecular formula is C28H38ClN. The smallest absolute Gasteiger partial charge is 0.0652 e. The quantitative estimate of drug-likeness (QED) is 0.336. The largest absolute Gasteiger partial charge is 0.198 e. The Hall–Kier alpha value is -1.78. The second-order valence-corrected chi connectivity index (χ2v) is 9.67. The van der Waals surface area contributed by atoms with Crippen molar-refractivity contribution in [1.29, 1.82) is 5.26 Å². The van der Waals surface area contributed by atoms with Gasteiger partial charge < -0.3 is 0 Å². The summed E-state index contributed by atoms with van der Waals surface area (Å²) in [5, 5.41) is 9.85. The van der Waals surface area contributed by atoms with E-state index in [-0.39, 0.29) is 5.92 Å². The van der Waals surface area contributed by atoms with E-state index in [1.807, 2.05) is 6.92 Å². The van der Waals surface area contributed by atoms with Gasteiger partial charge >= 0.3 is 0 Å². The molecule has 0 heterocycles. The molecule has 3 atom stereocenters. The van der Waals surface area contributed by atoms with Gasteiger partial charge in [-0.2, -0.15) is 5.26 Å². The molecule has 2 aromatic carbocycles. The van der Waals surface area contributed by atoms with Crippen LogP contribution in [0.3, 0.4) is 0 Å². The summed E-state index contributed by atoms with van der Waals surface area (Å²) in [5.41, 5.74) is 5.34. The summed E-state index contributed by atoms with van der Waals surface area (Å²) in [6, 6.07) is 17.9. The van der Waals surface area contributed by atoms with E-state index in [2.05, 4.69) is 69.3 Å². The third kappa shape index (κ3) is 8.53. The highest BCUT2D eigenvalue weighted by Crippen LogP contribution is 2.25. The van der Waals surface area contributed by atoms with Crippen molar-refractivity contribution in [3.05, 3.63) is 69.7 Å². The minimum atomic E-state index is 0.172. The van der Waals surface area contributed by atoms with Crippen LogP contribution in [0.1, 0.15) is 82.1 Å². The molecule has 0 saturated carbocycles. The van der Waals surface area contributed by atoms with Gasteiger partial charge in [0.15, 0.2) is 0 Å². The maximum absolute atomic E-state index is 8.98. The van der Waals surface area contributed by atoms with E-state index in [9.17, 15) is 0 Å². The molecule has 3 unspecified atom stereocenters. The van der Waals surface area contributed by atoms with Crippen molar-refractivity contribution in [3.63, 3.8) is 0 Å². The normalized spacial score (nSPS) is 14.1. The Labute approximate surface area is 189 Å². The predicted molar refractivity (Wildman–Crippen MR) is 130 cm³/mol. The van der Waals surface area contributed by atoms with E-state index in [0.29, 0.717) is 11.8 Å². The van der Waals surface area contributed by atoms with Gasteiger partial charge in [-0.05, 0) is 79.2 Å². The van der Waals surface area contributed by atoms with Crippen molar-refractivity contribution in [3.8, 4) is 6.07 Å². The van der Waals surface area contributed by atoms with E-state index in [1.165, 1.54) is 47.9 Å². The fourth-order valence-electron chi connectivity index (χ4n) is 4.15. The molecule has 2 aromatic rings.